The van der Waals surface area contributed by atoms with E-state index in [2.05, 4.69) is 33.4 Å². The molecule has 0 fully saturated rings. The SMILES string of the molecule is O=C1C=C2NC=CC(c3ccccc3)N2C2=NCCN12. The second-order valence-corrected chi connectivity index (χ2v) is 4.93. The number of aliphatic imine (C=N–C) groups is 1. The number of carbonyl (C=O) groups excluding carboxylic acids is 1. The average Bonchev–Trinajstić information content (AvgIpc) is 2.98. The van der Waals surface area contributed by atoms with E-state index >= 15 is 0 Å². The van der Waals surface area contributed by atoms with E-state index in [1.807, 2.05) is 24.4 Å². The van der Waals surface area contributed by atoms with Gasteiger partial charge in [-0.05, 0) is 11.6 Å². The standard InChI is InChI=1S/C15H14N4O/c20-14-10-13-16-7-6-12(11-4-2-1-3-5-11)19(13)15-17-8-9-18(14)15/h1-7,10,12,16H,8-9H2. The molecule has 4 rings (SSSR count). The van der Waals surface area contributed by atoms with E-state index < -0.39 is 0 Å². The minimum Gasteiger partial charge on any atom is -0.348 e. The third kappa shape index (κ3) is 1.56. The molecule has 1 unspecified atom stereocenters. The Kier molecular flexibility index (Phi) is 2.39. The zero-order valence-corrected chi connectivity index (χ0v) is 10.9. The Labute approximate surface area is 116 Å². The number of hydrogen-bond donors (Lipinski definition) is 1. The third-order valence-corrected chi connectivity index (χ3v) is 3.75. The minimum atomic E-state index is 0.00196. The van der Waals surface area contributed by atoms with Crippen LogP contribution in [-0.4, -0.2) is 34.8 Å². The van der Waals surface area contributed by atoms with Crippen molar-refractivity contribution >= 4 is 11.9 Å². The van der Waals surface area contributed by atoms with Gasteiger partial charge >= 0.3 is 0 Å². The largest absolute Gasteiger partial charge is 0.348 e. The van der Waals surface area contributed by atoms with Crippen LogP contribution < -0.4 is 5.32 Å². The van der Waals surface area contributed by atoms with Crippen molar-refractivity contribution in [2.24, 2.45) is 4.99 Å². The molecule has 20 heavy (non-hydrogen) atoms. The molecular weight excluding hydrogens is 252 g/mol. The molecule has 3 aliphatic rings. The Morgan fingerprint density at radius 1 is 1.25 bits per heavy atom. The molecule has 3 heterocycles. The van der Waals surface area contributed by atoms with Gasteiger partial charge in [0, 0.05) is 18.8 Å². The molecule has 5 nitrogen and oxygen atoms in total. The Bertz CT molecular complexity index is 647. The van der Waals surface area contributed by atoms with E-state index in [9.17, 15) is 4.79 Å². The molecule has 0 aliphatic carbocycles. The predicted molar refractivity (Wildman–Crippen MR) is 75.4 cm³/mol. The summed E-state index contributed by atoms with van der Waals surface area (Å²) >= 11 is 0. The van der Waals surface area contributed by atoms with Crippen molar-refractivity contribution in [3.8, 4) is 0 Å². The summed E-state index contributed by atoms with van der Waals surface area (Å²) in [4.78, 5) is 20.4. The van der Waals surface area contributed by atoms with Crippen LogP contribution in [0.15, 0.2) is 59.5 Å². The van der Waals surface area contributed by atoms with E-state index in [-0.39, 0.29) is 11.9 Å². The van der Waals surface area contributed by atoms with Crippen LogP contribution >= 0.6 is 0 Å². The second-order valence-electron chi connectivity index (χ2n) is 4.93. The van der Waals surface area contributed by atoms with Crippen LogP contribution in [0.4, 0.5) is 0 Å². The fourth-order valence-electron chi connectivity index (χ4n) is 2.83. The van der Waals surface area contributed by atoms with Crippen LogP contribution in [0.2, 0.25) is 0 Å². The fourth-order valence-corrected chi connectivity index (χ4v) is 2.83. The van der Waals surface area contributed by atoms with Gasteiger partial charge in [-0.3, -0.25) is 19.6 Å². The first-order chi connectivity index (χ1) is 9.84. The van der Waals surface area contributed by atoms with Gasteiger partial charge in [0.05, 0.1) is 12.6 Å². The topological polar surface area (TPSA) is 47.9 Å². The number of hydrogen-bond acceptors (Lipinski definition) is 4. The zero-order chi connectivity index (χ0) is 13.5. The molecule has 0 saturated carbocycles. The van der Waals surface area contributed by atoms with Gasteiger partial charge in [0.15, 0.2) is 0 Å². The van der Waals surface area contributed by atoms with Crippen molar-refractivity contribution in [1.82, 2.24) is 15.1 Å². The lowest BCUT2D eigenvalue weighted by Gasteiger charge is -2.41. The summed E-state index contributed by atoms with van der Waals surface area (Å²) < 4.78 is 0. The smallest absolute Gasteiger partial charge is 0.257 e. The lowest BCUT2D eigenvalue weighted by molar-refractivity contribution is -0.123. The van der Waals surface area contributed by atoms with Gasteiger partial charge < -0.3 is 5.32 Å². The lowest BCUT2D eigenvalue weighted by atomic mass is 10.0. The lowest BCUT2D eigenvalue weighted by Crippen LogP contribution is -2.52. The summed E-state index contributed by atoms with van der Waals surface area (Å²) in [6.07, 6.45) is 5.61. The molecule has 1 aromatic rings. The number of nitrogens with one attached hydrogen (secondary N) is 1. The van der Waals surface area contributed by atoms with Crippen molar-refractivity contribution in [2.75, 3.05) is 13.1 Å². The molecule has 1 N–H and O–H groups in total. The maximum absolute atomic E-state index is 12.1. The normalized spacial score (nSPS) is 23.8. The van der Waals surface area contributed by atoms with Crippen LogP contribution in [0, 0.1) is 0 Å². The molecule has 1 aromatic carbocycles. The summed E-state index contributed by atoms with van der Waals surface area (Å²) in [5.74, 6) is 1.54. The number of rotatable bonds is 1. The number of benzene rings is 1. The van der Waals surface area contributed by atoms with Gasteiger partial charge in [-0.15, -0.1) is 0 Å². The monoisotopic (exact) mass is 266 g/mol. The zero-order valence-electron chi connectivity index (χ0n) is 10.9. The highest BCUT2D eigenvalue weighted by atomic mass is 16.2. The predicted octanol–water partition coefficient (Wildman–Crippen LogP) is 1.20. The van der Waals surface area contributed by atoms with Gasteiger partial charge in [-0.2, -0.15) is 0 Å². The van der Waals surface area contributed by atoms with Crippen molar-refractivity contribution in [3.05, 3.63) is 60.1 Å². The summed E-state index contributed by atoms with van der Waals surface area (Å²) in [5.41, 5.74) is 1.18. The Morgan fingerprint density at radius 3 is 2.95 bits per heavy atom. The van der Waals surface area contributed by atoms with Gasteiger partial charge in [0.25, 0.3) is 5.91 Å². The highest BCUT2D eigenvalue weighted by Gasteiger charge is 2.38. The Morgan fingerprint density at radius 2 is 2.10 bits per heavy atom. The molecule has 100 valence electrons. The molecular formula is C15H14N4O. The number of carbonyl (C=O) groups is 1. The Balaban J connectivity index is 1.82. The fraction of sp³-hybridized carbons (Fsp3) is 0.200. The van der Waals surface area contributed by atoms with Crippen molar-refractivity contribution < 1.29 is 4.79 Å². The summed E-state index contributed by atoms with van der Waals surface area (Å²) in [6.45, 7) is 1.34. The molecule has 0 saturated heterocycles. The number of amides is 1. The molecule has 3 aliphatic heterocycles. The van der Waals surface area contributed by atoms with Gasteiger partial charge in [-0.1, -0.05) is 30.3 Å². The number of nitrogens with zero attached hydrogens (tertiary/aromatic N) is 3. The molecule has 0 radical (unpaired) electrons. The van der Waals surface area contributed by atoms with Gasteiger partial charge in [0.2, 0.25) is 5.96 Å². The third-order valence-electron chi connectivity index (χ3n) is 3.75. The summed E-state index contributed by atoms with van der Waals surface area (Å²) in [5, 5.41) is 3.14. The minimum absolute atomic E-state index is 0.00196. The van der Waals surface area contributed by atoms with Gasteiger partial charge in [0.1, 0.15) is 5.82 Å². The van der Waals surface area contributed by atoms with Crippen LogP contribution in [0.5, 0.6) is 0 Å². The highest BCUT2D eigenvalue weighted by molar-refractivity contribution is 6.07. The molecule has 1 amide bonds. The van der Waals surface area contributed by atoms with E-state index in [0.29, 0.717) is 13.1 Å². The molecule has 0 spiro atoms. The van der Waals surface area contributed by atoms with E-state index in [1.165, 1.54) is 5.56 Å². The van der Waals surface area contributed by atoms with Crippen LogP contribution in [-0.2, 0) is 4.79 Å². The van der Waals surface area contributed by atoms with Crippen molar-refractivity contribution in [3.63, 3.8) is 0 Å². The molecule has 0 aromatic heterocycles. The van der Waals surface area contributed by atoms with Gasteiger partial charge in [-0.25, -0.2) is 0 Å². The first-order valence-electron chi connectivity index (χ1n) is 6.69. The van der Waals surface area contributed by atoms with E-state index in [4.69, 9.17) is 0 Å². The summed E-state index contributed by atoms with van der Waals surface area (Å²) in [6, 6.07) is 10.3. The van der Waals surface area contributed by atoms with Crippen LogP contribution in [0.3, 0.4) is 0 Å². The average molecular weight is 266 g/mol. The first-order valence-corrected chi connectivity index (χ1v) is 6.69. The first kappa shape index (κ1) is 11.3. The maximum atomic E-state index is 12.1. The maximum Gasteiger partial charge on any atom is 0.257 e. The van der Waals surface area contributed by atoms with Crippen LogP contribution in [0.25, 0.3) is 0 Å². The number of fused-ring (bicyclic) bond motifs is 3. The second kappa shape index (κ2) is 4.23. The molecule has 0 bridgehead atoms. The van der Waals surface area contributed by atoms with Crippen molar-refractivity contribution in [2.45, 2.75) is 6.04 Å². The summed E-state index contributed by atoms with van der Waals surface area (Å²) in [7, 11) is 0. The number of guanidine groups is 1. The molecule has 1 atom stereocenters. The van der Waals surface area contributed by atoms with E-state index in [0.717, 1.165) is 11.8 Å². The quantitative estimate of drug-likeness (QED) is 0.831. The Hall–Kier alpha value is -2.56. The highest BCUT2D eigenvalue weighted by Crippen LogP contribution is 2.32. The van der Waals surface area contributed by atoms with Crippen molar-refractivity contribution in [1.29, 1.82) is 0 Å². The molecule has 5 heteroatoms. The van der Waals surface area contributed by atoms with Crippen LogP contribution in [0.1, 0.15) is 11.6 Å². The van der Waals surface area contributed by atoms with E-state index in [1.54, 1.807) is 11.0 Å².